The van der Waals surface area contributed by atoms with Crippen LogP contribution >= 0.6 is 0 Å². The Hall–Kier alpha value is -1.14. The molecule has 1 N–H and O–H groups in total. The van der Waals surface area contributed by atoms with Crippen LogP contribution in [-0.4, -0.2) is 62.7 Å². The highest BCUT2D eigenvalue weighted by atomic mass is 32.2. The molecule has 122 valence electrons. The van der Waals surface area contributed by atoms with Gasteiger partial charge < -0.3 is 4.74 Å². The maximum Gasteiger partial charge on any atom is 0.338 e. The quantitative estimate of drug-likeness (QED) is 0.317. The molecule has 1 aromatic carbocycles. The van der Waals surface area contributed by atoms with E-state index in [2.05, 4.69) is 6.07 Å². The SMILES string of the molecule is BCc1cc(CB)c(CB)c(C(=O)OCCS(=O)(=O)O)c1CB. The van der Waals surface area contributed by atoms with Crippen molar-refractivity contribution in [3.63, 3.8) is 0 Å². The van der Waals surface area contributed by atoms with Crippen molar-refractivity contribution >= 4 is 47.5 Å². The first kappa shape index (κ1) is 19.9. The number of esters is 1. The zero-order valence-electron chi connectivity index (χ0n) is 14.3. The standard InChI is InChI=1S/C13H22B4O5S/c14-4-8-3-9(5-15)11(7-17)12(10(8)6-16)13(18)22-1-2-23(19,20)21/h3H,1-2,4-7,14-17H2,(H,19,20,21). The predicted molar refractivity (Wildman–Crippen MR) is 102 cm³/mol. The fourth-order valence-electron chi connectivity index (χ4n) is 2.88. The zero-order chi connectivity index (χ0) is 17.6. The lowest BCUT2D eigenvalue weighted by molar-refractivity contribution is 0.0526. The summed E-state index contributed by atoms with van der Waals surface area (Å²) in [6.07, 6.45) is 3.07. The third-order valence-corrected chi connectivity index (χ3v) is 4.66. The van der Waals surface area contributed by atoms with E-state index in [4.69, 9.17) is 9.29 Å². The molecular weight excluding hydrogens is 311 g/mol. The first-order valence-corrected chi connectivity index (χ1v) is 9.68. The summed E-state index contributed by atoms with van der Waals surface area (Å²) in [4.78, 5) is 12.5. The van der Waals surface area contributed by atoms with Crippen LogP contribution < -0.4 is 0 Å². The molecule has 0 fully saturated rings. The lowest BCUT2D eigenvalue weighted by atomic mass is 9.75. The summed E-state index contributed by atoms with van der Waals surface area (Å²) < 4.78 is 35.4. The Kier molecular flexibility index (Phi) is 7.48. The highest BCUT2D eigenvalue weighted by Crippen LogP contribution is 2.25. The van der Waals surface area contributed by atoms with Crippen molar-refractivity contribution in [3.05, 3.63) is 33.9 Å². The summed E-state index contributed by atoms with van der Waals surface area (Å²) in [5.41, 5.74) is 4.77. The lowest BCUT2D eigenvalue weighted by Gasteiger charge is -2.20. The van der Waals surface area contributed by atoms with E-state index in [1.807, 2.05) is 31.4 Å². The summed E-state index contributed by atoms with van der Waals surface area (Å²) >= 11 is 0. The highest BCUT2D eigenvalue weighted by Gasteiger charge is 2.21. The lowest BCUT2D eigenvalue weighted by Crippen LogP contribution is -2.19. The van der Waals surface area contributed by atoms with Crippen LogP contribution in [0.4, 0.5) is 0 Å². The van der Waals surface area contributed by atoms with E-state index in [0.717, 1.165) is 34.9 Å². The molecule has 0 radical (unpaired) electrons. The minimum absolute atomic E-state index is 0.345. The highest BCUT2D eigenvalue weighted by molar-refractivity contribution is 7.85. The molecule has 1 aromatic rings. The average Bonchev–Trinajstić information content (AvgIpc) is 2.50. The van der Waals surface area contributed by atoms with Crippen LogP contribution in [-0.2, 0) is 40.1 Å². The molecule has 0 amide bonds. The molecule has 0 aliphatic heterocycles. The number of rotatable bonds is 8. The van der Waals surface area contributed by atoms with Gasteiger partial charge in [-0.3, -0.25) is 4.55 Å². The van der Waals surface area contributed by atoms with Crippen molar-refractivity contribution in [1.82, 2.24) is 0 Å². The van der Waals surface area contributed by atoms with Crippen LogP contribution in [0.2, 0.25) is 0 Å². The minimum atomic E-state index is -4.14. The van der Waals surface area contributed by atoms with Gasteiger partial charge in [-0.2, -0.15) is 8.42 Å². The fraction of sp³-hybridized carbons (Fsp3) is 0.462. The number of carbonyl (C=O) groups excluding carboxylic acids is 1. The van der Waals surface area contributed by atoms with Gasteiger partial charge in [0.2, 0.25) is 0 Å². The van der Waals surface area contributed by atoms with E-state index < -0.39 is 21.8 Å². The number of hydrogen-bond donors (Lipinski definition) is 1. The molecule has 0 aliphatic carbocycles. The van der Waals surface area contributed by atoms with Crippen molar-refractivity contribution in [2.24, 2.45) is 0 Å². The molecule has 0 saturated carbocycles. The van der Waals surface area contributed by atoms with Crippen LogP contribution in [0.3, 0.4) is 0 Å². The van der Waals surface area contributed by atoms with Gasteiger partial charge >= 0.3 is 5.97 Å². The van der Waals surface area contributed by atoms with Crippen LogP contribution in [0.1, 0.15) is 32.6 Å². The number of ether oxygens (including phenoxy) is 1. The van der Waals surface area contributed by atoms with Gasteiger partial charge in [0.15, 0.2) is 0 Å². The van der Waals surface area contributed by atoms with E-state index in [1.54, 1.807) is 0 Å². The molecule has 0 spiro atoms. The van der Waals surface area contributed by atoms with E-state index >= 15 is 0 Å². The molecule has 0 unspecified atom stereocenters. The molecule has 1 rings (SSSR count). The second-order valence-corrected chi connectivity index (χ2v) is 6.94. The normalized spacial score (nSPS) is 11.3. The first-order valence-electron chi connectivity index (χ1n) is 8.07. The Balaban J connectivity index is 3.27. The van der Waals surface area contributed by atoms with Gasteiger partial charge in [0.1, 0.15) is 43.7 Å². The van der Waals surface area contributed by atoms with Crippen molar-refractivity contribution in [2.75, 3.05) is 12.4 Å². The van der Waals surface area contributed by atoms with Crippen LogP contribution in [0.25, 0.3) is 0 Å². The number of benzene rings is 1. The van der Waals surface area contributed by atoms with Crippen LogP contribution in [0.15, 0.2) is 6.07 Å². The van der Waals surface area contributed by atoms with E-state index in [0.29, 0.717) is 18.2 Å². The summed E-state index contributed by atoms with van der Waals surface area (Å²) in [7, 11) is 3.95. The third-order valence-electron chi connectivity index (χ3n) is 3.97. The van der Waals surface area contributed by atoms with Crippen LogP contribution in [0, 0.1) is 0 Å². The van der Waals surface area contributed by atoms with Crippen LogP contribution in [0.5, 0.6) is 0 Å². The van der Waals surface area contributed by atoms with Gasteiger partial charge in [-0.05, 0) is 11.1 Å². The van der Waals surface area contributed by atoms with Crippen molar-refractivity contribution in [1.29, 1.82) is 0 Å². The first-order chi connectivity index (χ1) is 10.8. The smallest absolute Gasteiger partial charge is 0.338 e. The molecule has 0 aliphatic rings. The molecule has 10 heteroatoms. The van der Waals surface area contributed by atoms with Crippen molar-refractivity contribution in [2.45, 2.75) is 25.3 Å². The monoisotopic (exact) mass is 334 g/mol. The van der Waals surface area contributed by atoms with Gasteiger partial charge in [0.05, 0.1) is 5.56 Å². The zero-order valence-corrected chi connectivity index (χ0v) is 15.1. The Bertz CT molecular complexity index is 645. The average molecular weight is 334 g/mol. The second kappa shape index (κ2) is 8.64. The van der Waals surface area contributed by atoms with Crippen molar-refractivity contribution < 1.29 is 22.5 Å². The Labute approximate surface area is 141 Å². The number of carbonyl (C=O) groups is 1. The van der Waals surface area contributed by atoms with E-state index in [9.17, 15) is 13.2 Å². The Morgan fingerprint density at radius 1 is 1.00 bits per heavy atom. The largest absolute Gasteiger partial charge is 0.461 e. The number of hydrogen-bond acceptors (Lipinski definition) is 4. The maximum atomic E-state index is 12.5. The Morgan fingerprint density at radius 2 is 1.48 bits per heavy atom. The molecule has 23 heavy (non-hydrogen) atoms. The minimum Gasteiger partial charge on any atom is -0.461 e. The fourth-order valence-corrected chi connectivity index (χ4v) is 3.18. The summed E-state index contributed by atoms with van der Waals surface area (Å²) in [5.74, 6) is -1.09. The Morgan fingerprint density at radius 3 is 1.83 bits per heavy atom. The van der Waals surface area contributed by atoms with Gasteiger partial charge in [-0.25, -0.2) is 4.79 Å². The summed E-state index contributed by atoms with van der Waals surface area (Å²) in [5, 5.41) is 0. The molecule has 0 atom stereocenters. The summed E-state index contributed by atoms with van der Waals surface area (Å²) in [6.45, 7) is -0.345. The molecule has 0 aromatic heterocycles. The van der Waals surface area contributed by atoms with E-state index in [1.165, 1.54) is 0 Å². The second-order valence-electron chi connectivity index (χ2n) is 5.36. The molecule has 0 saturated heterocycles. The molecule has 5 nitrogen and oxygen atoms in total. The molecule has 0 bridgehead atoms. The van der Waals surface area contributed by atoms with Gasteiger partial charge in [-0.1, -0.05) is 42.5 Å². The molecular formula is C13H22B4O5S. The third kappa shape index (κ3) is 5.18. The predicted octanol–water partition coefficient (Wildman–Crippen LogP) is -2.74. The van der Waals surface area contributed by atoms with Gasteiger partial charge in [-0.15, -0.1) is 0 Å². The topological polar surface area (TPSA) is 80.7 Å². The molecule has 0 heterocycles. The summed E-state index contributed by atoms with van der Waals surface area (Å²) in [6, 6.07) is 2.16. The van der Waals surface area contributed by atoms with Crippen molar-refractivity contribution in [3.8, 4) is 0 Å². The van der Waals surface area contributed by atoms with E-state index in [-0.39, 0.29) is 6.61 Å². The van der Waals surface area contributed by atoms with Gasteiger partial charge in [0, 0.05) is 0 Å². The maximum absolute atomic E-state index is 12.5. The van der Waals surface area contributed by atoms with Gasteiger partial charge in [0.25, 0.3) is 10.1 Å².